The second kappa shape index (κ2) is 5.51. The van der Waals surface area contributed by atoms with E-state index in [-0.39, 0.29) is 0 Å². The molecule has 0 bridgehead atoms. The number of aromatic nitrogens is 2. The molecule has 3 nitrogen and oxygen atoms in total. The van der Waals surface area contributed by atoms with Crippen LogP contribution in [0.5, 0.6) is 0 Å². The summed E-state index contributed by atoms with van der Waals surface area (Å²) in [6.45, 7) is 4.38. The van der Waals surface area contributed by atoms with Crippen molar-refractivity contribution in [2.75, 3.05) is 5.32 Å². The van der Waals surface area contributed by atoms with Gasteiger partial charge in [0, 0.05) is 12.2 Å². The molecule has 0 saturated carbocycles. The molecule has 1 aromatic heterocycles. The first-order chi connectivity index (χ1) is 6.33. The van der Waals surface area contributed by atoms with E-state index in [1.165, 1.54) is 19.3 Å². The molecule has 0 fully saturated rings. The molecule has 13 heavy (non-hydrogen) atoms. The first-order valence-corrected chi connectivity index (χ1v) is 4.85. The summed E-state index contributed by atoms with van der Waals surface area (Å²) in [4.78, 5) is 7.97. The molecular formula is C10H17N3. The zero-order chi connectivity index (χ0) is 9.52. The van der Waals surface area contributed by atoms with Crippen LogP contribution in [0.2, 0.25) is 0 Å². The minimum atomic E-state index is 0.495. The van der Waals surface area contributed by atoms with Crippen molar-refractivity contribution in [3.8, 4) is 0 Å². The van der Waals surface area contributed by atoms with E-state index in [4.69, 9.17) is 0 Å². The van der Waals surface area contributed by atoms with Gasteiger partial charge >= 0.3 is 0 Å². The maximum atomic E-state index is 4.10. The first-order valence-electron chi connectivity index (χ1n) is 4.85. The summed E-state index contributed by atoms with van der Waals surface area (Å²) in [5.41, 5.74) is 0. The topological polar surface area (TPSA) is 37.8 Å². The molecule has 3 heteroatoms. The van der Waals surface area contributed by atoms with E-state index in [1.807, 2.05) is 6.07 Å². The van der Waals surface area contributed by atoms with Gasteiger partial charge in [-0.1, -0.05) is 19.8 Å². The Kier molecular flexibility index (Phi) is 4.23. The molecule has 1 rings (SSSR count). The highest BCUT2D eigenvalue weighted by atomic mass is 15.0. The summed E-state index contributed by atoms with van der Waals surface area (Å²) in [6.07, 6.45) is 7.02. The van der Waals surface area contributed by atoms with Crippen LogP contribution in [0.25, 0.3) is 0 Å². The van der Waals surface area contributed by atoms with Gasteiger partial charge in [-0.2, -0.15) is 0 Å². The zero-order valence-corrected chi connectivity index (χ0v) is 8.33. The summed E-state index contributed by atoms with van der Waals surface area (Å²) < 4.78 is 0. The average Bonchev–Trinajstić information content (AvgIpc) is 2.16. The van der Waals surface area contributed by atoms with Gasteiger partial charge in [-0.15, -0.1) is 0 Å². The van der Waals surface area contributed by atoms with Crippen molar-refractivity contribution in [3.05, 3.63) is 18.6 Å². The number of anilines is 1. The van der Waals surface area contributed by atoms with Crippen molar-refractivity contribution in [1.82, 2.24) is 9.97 Å². The smallest absolute Gasteiger partial charge is 0.129 e. The minimum Gasteiger partial charge on any atom is -0.368 e. The molecular weight excluding hydrogens is 162 g/mol. The summed E-state index contributed by atoms with van der Waals surface area (Å²) in [7, 11) is 0. The van der Waals surface area contributed by atoms with Crippen LogP contribution in [0.1, 0.15) is 33.1 Å². The molecule has 0 aromatic carbocycles. The molecule has 0 aliphatic carbocycles. The summed E-state index contributed by atoms with van der Waals surface area (Å²) in [6, 6.07) is 2.39. The molecule has 0 aliphatic rings. The number of unbranched alkanes of at least 4 members (excludes halogenated alkanes) is 1. The van der Waals surface area contributed by atoms with Gasteiger partial charge in [-0.05, 0) is 19.4 Å². The largest absolute Gasteiger partial charge is 0.368 e. The molecule has 0 spiro atoms. The fraction of sp³-hybridized carbons (Fsp3) is 0.600. The van der Waals surface area contributed by atoms with Gasteiger partial charge in [0.25, 0.3) is 0 Å². The standard InChI is InChI=1S/C10H17N3/c1-3-4-5-9(2)13-10-6-7-11-8-12-10/h6-9H,3-5H2,1-2H3,(H,11,12,13). The minimum absolute atomic E-state index is 0.495. The second-order valence-electron chi connectivity index (χ2n) is 3.28. The molecule has 1 heterocycles. The number of nitrogens with one attached hydrogen (secondary N) is 1. The van der Waals surface area contributed by atoms with Gasteiger partial charge in [0.1, 0.15) is 12.1 Å². The van der Waals surface area contributed by atoms with Gasteiger partial charge in [-0.25, -0.2) is 9.97 Å². The monoisotopic (exact) mass is 179 g/mol. The Hall–Kier alpha value is -1.12. The third-order valence-electron chi connectivity index (χ3n) is 1.97. The lowest BCUT2D eigenvalue weighted by Crippen LogP contribution is -2.15. The normalized spacial score (nSPS) is 12.5. The highest BCUT2D eigenvalue weighted by Gasteiger charge is 2.00. The van der Waals surface area contributed by atoms with Crippen molar-refractivity contribution < 1.29 is 0 Å². The van der Waals surface area contributed by atoms with Crippen LogP contribution in [0.3, 0.4) is 0 Å². The molecule has 1 N–H and O–H groups in total. The molecule has 1 aromatic rings. The highest BCUT2D eigenvalue weighted by Crippen LogP contribution is 2.06. The molecule has 1 atom stereocenters. The quantitative estimate of drug-likeness (QED) is 0.754. The number of hydrogen-bond acceptors (Lipinski definition) is 3. The van der Waals surface area contributed by atoms with E-state index in [0.717, 1.165) is 5.82 Å². The lowest BCUT2D eigenvalue weighted by atomic mass is 10.1. The van der Waals surface area contributed by atoms with Crippen molar-refractivity contribution >= 4 is 5.82 Å². The third kappa shape index (κ3) is 3.87. The van der Waals surface area contributed by atoms with Gasteiger partial charge in [0.2, 0.25) is 0 Å². The lowest BCUT2D eigenvalue weighted by molar-refractivity contribution is 0.643. The predicted molar refractivity (Wildman–Crippen MR) is 54.6 cm³/mol. The second-order valence-corrected chi connectivity index (χ2v) is 3.28. The van der Waals surface area contributed by atoms with Crippen molar-refractivity contribution in [1.29, 1.82) is 0 Å². The van der Waals surface area contributed by atoms with E-state index >= 15 is 0 Å². The van der Waals surface area contributed by atoms with E-state index in [9.17, 15) is 0 Å². The fourth-order valence-electron chi connectivity index (χ4n) is 1.21. The Morgan fingerprint density at radius 3 is 3.00 bits per heavy atom. The van der Waals surface area contributed by atoms with Crippen LogP contribution in [0.4, 0.5) is 5.82 Å². The van der Waals surface area contributed by atoms with E-state index in [0.29, 0.717) is 6.04 Å². The number of hydrogen-bond donors (Lipinski definition) is 1. The van der Waals surface area contributed by atoms with Crippen LogP contribution in [-0.2, 0) is 0 Å². The zero-order valence-electron chi connectivity index (χ0n) is 8.33. The van der Waals surface area contributed by atoms with Crippen LogP contribution < -0.4 is 5.32 Å². The van der Waals surface area contributed by atoms with E-state index in [1.54, 1.807) is 12.5 Å². The summed E-state index contributed by atoms with van der Waals surface area (Å²) in [5, 5.41) is 3.33. The van der Waals surface area contributed by atoms with Crippen molar-refractivity contribution in [2.24, 2.45) is 0 Å². The predicted octanol–water partition coefficient (Wildman–Crippen LogP) is 2.47. The molecule has 1 unspecified atom stereocenters. The Balaban J connectivity index is 2.32. The van der Waals surface area contributed by atoms with Gasteiger partial charge in [0.15, 0.2) is 0 Å². The maximum absolute atomic E-state index is 4.10. The SMILES string of the molecule is CCCCC(C)Nc1ccncn1. The van der Waals surface area contributed by atoms with Crippen LogP contribution >= 0.6 is 0 Å². The third-order valence-corrected chi connectivity index (χ3v) is 1.97. The Morgan fingerprint density at radius 2 is 2.38 bits per heavy atom. The van der Waals surface area contributed by atoms with Crippen molar-refractivity contribution in [2.45, 2.75) is 39.2 Å². The lowest BCUT2D eigenvalue weighted by Gasteiger charge is -2.13. The number of nitrogens with zero attached hydrogens (tertiary/aromatic N) is 2. The average molecular weight is 179 g/mol. The Labute approximate surface area is 79.6 Å². The molecule has 72 valence electrons. The molecule has 0 amide bonds. The van der Waals surface area contributed by atoms with Gasteiger partial charge in [-0.3, -0.25) is 0 Å². The highest BCUT2D eigenvalue weighted by molar-refractivity contribution is 5.32. The van der Waals surface area contributed by atoms with E-state index in [2.05, 4.69) is 29.1 Å². The Morgan fingerprint density at radius 1 is 1.54 bits per heavy atom. The molecule has 0 radical (unpaired) electrons. The van der Waals surface area contributed by atoms with Gasteiger partial charge in [0.05, 0.1) is 0 Å². The fourth-order valence-corrected chi connectivity index (χ4v) is 1.21. The summed E-state index contributed by atoms with van der Waals surface area (Å²) >= 11 is 0. The number of rotatable bonds is 5. The van der Waals surface area contributed by atoms with Crippen molar-refractivity contribution in [3.63, 3.8) is 0 Å². The van der Waals surface area contributed by atoms with Crippen LogP contribution in [0, 0.1) is 0 Å². The first kappa shape index (κ1) is 9.96. The molecule has 0 saturated heterocycles. The molecule has 0 aliphatic heterocycles. The van der Waals surface area contributed by atoms with Gasteiger partial charge < -0.3 is 5.32 Å². The van der Waals surface area contributed by atoms with E-state index < -0.39 is 0 Å². The maximum Gasteiger partial charge on any atom is 0.129 e. The van der Waals surface area contributed by atoms with Crippen LogP contribution in [0.15, 0.2) is 18.6 Å². The summed E-state index contributed by atoms with van der Waals surface area (Å²) in [5.74, 6) is 0.915. The Bertz CT molecular complexity index is 223. The van der Waals surface area contributed by atoms with Crippen LogP contribution in [-0.4, -0.2) is 16.0 Å².